The second-order valence-electron chi connectivity index (χ2n) is 8.20. The normalized spacial score (nSPS) is 15.3. The zero-order valence-electron chi connectivity index (χ0n) is 19.0. The summed E-state index contributed by atoms with van der Waals surface area (Å²) >= 11 is 0. The highest BCUT2D eigenvalue weighted by Gasteiger charge is 2.54. The summed E-state index contributed by atoms with van der Waals surface area (Å²) < 4.78 is 70.1. The smallest absolute Gasteiger partial charge is 0.290 e. The molecule has 0 fully saturated rings. The van der Waals surface area contributed by atoms with Crippen LogP contribution in [0, 0.1) is 27.7 Å². The number of pyridine rings is 1. The van der Waals surface area contributed by atoms with E-state index in [1.165, 1.54) is 10.6 Å². The van der Waals surface area contributed by atoms with Crippen LogP contribution in [0.1, 0.15) is 41.9 Å². The number of aromatic nitrogens is 5. The minimum atomic E-state index is -5.12. The van der Waals surface area contributed by atoms with Crippen molar-refractivity contribution in [3.8, 4) is 11.4 Å². The van der Waals surface area contributed by atoms with Crippen molar-refractivity contribution >= 4 is 22.0 Å². The Balaban J connectivity index is 1.99. The highest BCUT2D eigenvalue weighted by molar-refractivity contribution is 7.85. The first-order valence-corrected chi connectivity index (χ1v) is 11.6. The molecule has 0 bridgehead atoms. The maximum atomic E-state index is 14.4. The Morgan fingerprint density at radius 3 is 2.33 bits per heavy atom. The second-order valence-corrected chi connectivity index (χ2v) is 9.88. The number of aryl methyl sites for hydroxylation is 2. The zero-order chi connectivity index (χ0) is 24.5. The lowest BCUT2D eigenvalue weighted by Crippen LogP contribution is -2.35. The van der Waals surface area contributed by atoms with Gasteiger partial charge in [-0.15, -0.1) is 0 Å². The minimum Gasteiger partial charge on any atom is -0.290 e. The molecule has 0 radical (unpaired) electrons. The molecule has 0 amide bonds. The average molecular weight is 482 g/mol. The monoisotopic (exact) mass is 481 g/mol. The lowest BCUT2D eigenvalue weighted by atomic mass is 10.0. The van der Waals surface area contributed by atoms with Gasteiger partial charge in [-0.25, -0.2) is 18.9 Å². The second kappa shape index (κ2) is 7.61. The van der Waals surface area contributed by atoms with E-state index in [9.17, 15) is 21.8 Å². The SMILES string of the molecule is CCS(=O)c1c(-c2cn3cnc(C(C)(F)C(F)(F)F)cc3n2)nn2c(C)c(C)c(C)c(C)c12. The molecule has 0 saturated carbocycles. The molecule has 4 aromatic rings. The fraction of sp³-hybridized carbons (Fsp3) is 0.409. The molecule has 0 saturated heterocycles. The average Bonchev–Trinajstić information content (AvgIpc) is 3.36. The molecule has 0 aliphatic carbocycles. The first-order chi connectivity index (χ1) is 15.3. The van der Waals surface area contributed by atoms with Gasteiger partial charge in [0, 0.05) is 23.7 Å². The van der Waals surface area contributed by atoms with Crippen LogP contribution < -0.4 is 0 Å². The predicted octanol–water partition coefficient (Wildman–Crippen LogP) is 5.15. The Morgan fingerprint density at radius 1 is 1.06 bits per heavy atom. The van der Waals surface area contributed by atoms with E-state index in [2.05, 4.69) is 9.97 Å². The molecule has 4 aromatic heterocycles. The lowest BCUT2D eigenvalue weighted by Gasteiger charge is -2.22. The van der Waals surface area contributed by atoms with Gasteiger partial charge in [-0.2, -0.15) is 18.3 Å². The maximum Gasteiger partial charge on any atom is 0.428 e. The van der Waals surface area contributed by atoms with Crippen molar-refractivity contribution in [3.05, 3.63) is 46.7 Å². The van der Waals surface area contributed by atoms with Crippen LogP contribution in [0.3, 0.4) is 0 Å². The third kappa shape index (κ3) is 3.44. The van der Waals surface area contributed by atoms with Crippen LogP contribution in [0.25, 0.3) is 22.6 Å². The van der Waals surface area contributed by atoms with E-state index in [-0.39, 0.29) is 5.65 Å². The van der Waals surface area contributed by atoms with Crippen molar-refractivity contribution < 1.29 is 21.8 Å². The first kappa shape index (κ1) is 23.3. The Morgan fingerprint density at radius 2 is 1.73 bits per heavy atom. The Labute approximate surface area is 190 Å². The topological polar surface area (TPSA) is 64.6 Å². The molecule has 2 atom stereocenters. The van der Waals surface area contributed by atoms with E-state index >= 15 is 0 Å². The van der Waals surface area contributed by atoms with Gasteiger partial charge in [0.05, 0.1) is 26.9 Å². The first-order valence-electron chi connectivity index (χ1n) is 10.3. The van der Waals surface area contributed by atoms with Crippen molar-refractivity contribution in [1.29, 1.82) is 0 Å². The summed E-state index contributed by atoms with van der Waals surface area (Å²) in [6, 6.07) is 0.966. The zero-order valence-corrected chi connectivity index (χ0v) is 19.8. The summed E-state index contributed by atoms with van der Waals surface area (Å²) in [5.74, 6) is 0.352. The fourth-order valence-electron chi connectivity index (χ4n) is 3.80. The largest absolute Gasteiger partial charge is 0.428 e. The summed E-state index contributed by atoms with van der Waals surface area (Å²) in [4.78, 5) is 8.57. The van der Waals surface area contributed by atoms with Gasteiger partial charge in [0.15, 0.2) is 0 Å². The van der Waals surface area contributed by atoms with Crippen LogP contribution in [0.4, 0.5) is 17.6 Å². The molecule has 0 aliphatic rings. The van der Waals surface area contributed by atoms with E-state index in [0.29, 0.717) is 29.0 Å². The van der Waals surface area contributed by atoms with Gasteiger partial charge in [-0.3, -0.25) is 8.61 Å². The van der Waals surface area contributed by atoms with E-state index in [1.54, 1.807) is 11.4 Å². The van der Waals surface area contributed by atoms with Crippen LogP contribution >= 0.6 is 0 Å². The van der Waals surface area contributed by atoms with Gasteiger partial charge >= 0.3 is 6.18 Å². The van der Waals surface area contributed by atoms with E-state index < -0.39 is 28.3 Å². The van der Waals surface area contributed by atoms with Gasteiger partial charge in [-0.05, 0) is 51.3 Å². The van der Waals surface area contributed by atoms with Crippen LogP contribution in [-0.4, -0.2) is 40.1 Å². The molecular weight excluding hydrogens is 458 g/mol. The van der Waals surface area contributed by atoms with Crippen LogP contribution in [0.2, 0.25) is 0 Å². The van der Waals surface area contributed by atoms with Crippen molar-refractivity contribution in [1.82, 2.24) is 24.0 Å². The molecule has 0 aromatic carbocycles. The van der Waals surface area contributed by atoms with E-state index in [1.807, 2.05) is 27.7 Å². The number of nitrogens with zero attached hydrogens (tertiary/aromatic N) is 5. The Bertz CT molecular complexity index is 1430. The van der Waals surface area contributed by atoms with Gasteiger partial charge in [-0.1, -0.05) is 6.92 Å². The summed E-state index contributed by atoms with van der Waals surface area (Å²) in [6.07, 6.45) is -2.50. The fourth-order valence-corrected chi connectivity index (χ4v) is 4.90. The highest BCUT2D eigenvalue weighted by Crippen LogP contribution is 2.41. The van der Waals surface area contributed by atoms with Crippen molar-refractivity contribution in [2.24, 2.45) is 0 Å². The Hall–Kier alpha value is -2.82. The standard InChI is InChI=1S/C22H23F4N5OS/c1-7-33(32)20-18(29-31-14(5)12(3)11(2)13(4)19(20)31)15-9-30-10-27-16(8-17(30)28-15)21(6,23)22(24,25)26/h8-10H,7H2,1-6H3. The number of fused-ring (bicyclic) bond motifs is 2. The molecular formula is C22H23F4N5OS. The van der Waals surface area contributed by atoms with Gasteiger partial charge in [0.1, 0.15) is 23.4 Å². The predicted molar refractivity (Wildman–Crippen MR) is 118 cm³/mol. The minimum absolute atomic E-state index is 0.0780. The molecule has 176 valence electrons. The van der Waals surface area contributed by atoms with Crippen LogP contribution in [-0.2, 0) is 16.5 Å². The number of halogens is 4. The summed E-state index contributed by atoms with van der Waals surface area (Å²) in [5, 5.41) is 4.69. The summed E-state index contributed by atoms with van der Waals surface area (Å²) in [7, 11) is -1.39. The highest BCUT2D eigenvalue weighted by atomic mass is 32.2. The number of alkyl halides is 4. The van der Waals surface area contributed by atoms with E-state index in [0.717, 1.165) is 40.3 Å². The van der Waals surface area contributed by atoms with Crippen LogP contribution in [0.15, 0.2) is 23.5 Å². The van der Waals surface area contributed by atoms with Crippen LogP contribution in [0.5, 0.6) is 0 Å². The molecule has 0 spiro atoms. The van der Waals surface area contributed by atoms with Crippen molar-refractivity contribution in [3.63, 3.8) is 0 Å². The molecule has 6 nitrogen and oxygen atoms in total. The maximum absolute atomic E-state index is 14.4. The molecule has 11 heteroatoms. The van der Waals surface area contributed by atoms with Gasteiger partial charge in [0.25, 0.3) is 0 Å². The molecule has 2 unspecified atom stereocenters. The third-order valence-corrected chi connectivity index (χ3v) is 7.64. The summed E-state index contributed by atoms with van der Waals surface area (Å²) in [6.45, 7) is 10.1. The third-order valence-electron chi connectivity index (χ3n) is 6.28. The van der Waals surface area contributed by atoms with Crippen molar-refractivity contribution in [2.45, 2.75) is 58.3 Å². The molecule has 4 heterocycles. The van der Waals surface area contributed by atoms with Gasteiger partial charge in [0.2, 0.25) is 5.67 Å². The molecule has 0 N–H and O–H groups in total. The quantitative estimate of drug-likeness (QED) is 0.378. The molecule has 0 aliphatic heterocycles. The number of imidazole rings is 1. The lowest BCUT2D eigenvalue weighted by molar-refractivity contribution is -0.230. The number of rotatable bonds is 4. The van der Waals surface area contributed by atoms with Gasteiger partial charge < -0.3 is 0 Å². The van der Waals surface area contributed by atoms with E-state index in [4.69, 9.17) is 5.10 Å². The van der Waals surface area contributed by atoms with Crippen molar-refractivity contribution in [2.75, 3.05) is 5.75 Å². The Kier molecular flexibility index (Phi) is 5.38. The molecule has 4 rings (SSSR count). The number of hydrogen-bond donors (Lipinski definition) is 0. The molecule has 33 heavy (non-hydrogen) atoms. The summed E-state index contributed by atoms with van der Waals surface area (Å²) in [5.41, 5.74) is 1.04. The number of hydrogen-bond acceptors (Lipinski definition) is 4.